The number of hydrogen-bond acceptors (Lipinski definition) is 7. The second-order valence-corrected chi connectivity index (χ2v) is 8.03. The number of nitrogens with zero attached hydrogens (tertiary/aromatic N) is 4. The van der Waals surface area contributed by atoms with Gasteiger partial charge in [0.1, 0.15) is 12.1 Å². The van der Waals surface area contributed by atoms with Gasteiger partial charge in [-0.15, -0.1) is 0 Å². The molecular formula is C28H26N4O4. The zero-order valence-electron chi connectivity index (χ0n) is 20.3. The van der Waals surface area contributed by atoms with Gasteiger partial charge >= 0.3 is 6.09 Å². The minimum absolute atomic E-state index is 0.176. The largest absolute Gasteiger partial charge is 0.494 e. The molecule has 3 aromatic carbocycles. The molecule has 4 aromatic rings. The van der Waals surface area contributed by atoms with Crippen molar-refractivity contribution in [3.63, 3.8) is 0 Å². The number of carbonyl (C=O) groups is 1. The number of fused-ring (bicyclic) bond motifs is 1. The molecule has 0 spiro atoms. The zero-order valence-corrected chi connectivity index (χ0v) is 20.3. The fourth-order valence-corrected chi connectivity index (χ4v) is 3.97. The van der Waals surface area contributed by atoms with E-state index in [9.17, 15) is 14.7 Å². The molecule has 0 saturated carbocycles. The van der Waals surface area contributed by atoms with E-state index < -0.39 is 6.09 Å². The SMILES string of the molecule is CCOC(=O)n1c(O)c(C(=Nc2ccc(N(C=C=O)N(C)C)cc2)c2ccccc2)c2ccccc21. The Labute approximate surface area is 208 Å². The highest BCUT2D eigenvalue weighted by Gasteiger charge is 2.25. The van der Waals surface area contributed by atoms with Gasteiger partial charge in [0.25, 0.3) is 0 Å². The zero-order chi connectivity index (χ0) is 25.7. The van der Waals surface area contributed by atoms with Crippen LogP contribution in [0.15, 0.2) is 90.1 Å². The van der Waals surface area contributed by atoms with Crippen LogP contribution in [0, 0.1) is 0 Å². The lowest BCUT2D eigenvalue weighted by atomic mass is 10.0. The predicted molar refractivity (Wildman–Crippen MR) is 141 cm³/mol. The van der Waals surface area contributed by atoms with Crippen LogP contribution < -0.4 is 5.01 Å². The summed E-state index contributed by atoms with van der Waals surface area (Å²) in [6, 6.07) is 24.0. The van der Waals surface area contributed by atoms with Gasteiger partial charge in [0.15, 0.2) is 0 Å². The van der Waals surface area contributed by atoms with Gasteiger partial charge in [0, 0.05) is 25.0 Å². The maximum absolute atomic E-state index is 12.7. The summed E-state index contributed by atoms with van der Waals surface area (Å²) in [6.07, 6.45) is 0.636. The van der Waals surface area contributed by atoms with Crippen molar-refractivity contribution in [3.05, 3.63) is 96.2 Å². The molecule has 0 radical (unpaired) electrons. The normalized spacial score (nSPS) is 11.4. The molecule has 8 heteroatoms. The molecule has 1 N–H and O–H groups in total. The lowest BCUT2D eigenvalue weighted by molar-refractivity contribution is 0.152. The van der Waals surface area contributed by atoms with Crippen LogP contribution in [0.5, 0.6) is 5.88 Å². The number of aromatic nitrogens is 1. The fourth-order valence-electron chi connectivity index (χ4n) is 3.97. The molecule has 0 aliphatic rings. The Hall–Kier alpha value is -4.65. The Bertz CT molecular complexity index is 1450. The molecule has 36 heavy (non-hydrogen) atoms. The molecule has 0 aliphatic heterocycles. The van der Waals surface area contributed by atoms with Crippen molar-refractivity contribution in [2.45, 2.75) is 6.92 Å². The van der Waals surface area contributed by atoms with Crippen LogP contribution in [-0.4, -0.2) is 53.1 Å². The van der Waals surface area contributed by atoms with E-state index in [1.807, 2.05) is 80.8 Å². The molecule has 182 valence electrons. The van der Waals surface area contributed by atoms with Gasteiger partial charge in [-0.3, -0.25) is 5.01 Å². The van der Waals surface area contributed by atoms with Crippen molar-refractivity contribution in [1.82, 2.24) is 9.58 Å². The lowest BCUT2D eigenvalue weighted by Gasteiger charge is -2.25. The molecule has 4 rings (SSSR count). The monoisotopic (exact) mass is 482 g/mol. The molecule has 0 unspecified atom stereocenters. The number of para-hydroxylation sites is 1. The van der Waals surface area contributed by atoms with Crippen LogP contribution in [0.4, 0.5) is 16.2 Å². The summed E-state index contributed by atoms with van der Waals surface area (Å²) in [6.45, 7) is 1.89. The van der Waals surface area contributed by atoms with Crippen LogP contribution in [0.25, 0.3) is 10.9 Å². The second kappa shape index (κ2) is 10.7. The molecule has 0 amide bonds. The van der Waals surface area contributed by atoms with E-state index in [0.717, 1.165) is 15.8 Å². The second-order valence-electron chi connectivity index (χ2n) is 8.03. The molecule has 1 aromatic heterocycles. The van der Waals surface area contributed by atoms with Crippen molar-refractivity contribution in [3.8, 4) is 5.88 Å². The topological polar surface area (TPSA) is 87.4 Å². The number of carbonyl (C=O) groups excluding carboxylic acids is 2. The number of aromatic hydroxyl groups is 1. The number of aliphatic imine (C=N–C) groups is 1. The van der Waals surface area contributed by atoms with Gasteiger partial charge in [-0.2, -0.15) is 0 Å². The number of benzene rings is 3. The summed E-state index contributed by atoms with van der Waals surface area (Å²) in [5, 5.41) is 15.4. The Morgan fingerprint density at radius 2 is 1.69 bits per heavy atom. The molecule has 0 bridgehead atoms. The third-order valence-corrected chi connectivity index (χ3v) is 5.55. The molecule has 0 aliphatic carbocycles. The first-order chi connectivity index (χ1) is 17.5. The van der Waals surface area contributed by atoms with Crippen molar-refractivity contribution in [2.75, 3.05) is 25.7 Å². The van der Waals surface area contributed by atoms with Crippen molar-refractivity contribution in [1.29, 1.82) is 0 Å². The number of anilines is 1. The number of hydrazine groups is 1. The average molecular weight is 483 g/mol. The summed E-state index contributed by atoms with van der Waals surface area (Å²) in [5.41, 5.74) is 3.58. The van der Waals surface area contributed by atoms with E-state index in [-0.39, 0.29) is 12.5 Å². The fraction of sp³-hybridized carbons (Fsp3) is 0.143. The summed E-state index contributed by atoms with van der Waals surface area (Å²) in [4.78, 5) is 28.5. The van der Waals surface area contributed by atoms with Crippen molar-refractivity contribution < 1.29 is 19.4 Å². The Morgan fingerprint density at radius 1 is 1.03 bits per heavy atom. The summed E-state index contributed by atoms with van der Waals surface area (Å²) in [5.74, 6) is 1.55. The van der Waals surface area contributed by atoms with Gasteiger partial charge in [0.05, 0.1) is 34.8 Å². The quantitative estimate of drug-likeness (QED) is 0.223. The number of hydrogen-bond donors (Lipinski definition) is 1. The van der Waals surface area contributed by atoms with Crippen molar-refractivity contribution >= 4 is 40.0 Å². The molecule has 0 saturated heterocycles. The first kappa shape index (κ1) is 24.5. The highest BCUT2D eigenvalue weighted by atomic mass is 16.5. The Kier molecular flexibility index (Phi) is 7.30. The van der Waals surface area contributed by atoms with Gasteiger partial charge in [-0.05, 0) is 37.3 Å². The van der Waals surface area contributed by atoms with Gasteiger partial charge in [0.2, 0.25) is 5.88 Å². The molecule has 0 atom stereocenters. The van der Waals surface area contributed by atoms with Gasteiger partial charge in [-0.1, -0.05) is 48.5 Å². The minimum Gasteiger partial charge on any atom is -0.494 e. The summed E-state index contributed by atoms with van der Waals surface area (Å²) >= 11 is 0. The maximum atomic E-state index is 12.7. The average Bonchev–Trinajstić information content (AvgIpc) is 3.18. The van der Waals surface area contributed by atoms with E-state index in [2.05, 4.69) is 0 Å². The smallest absolute Gasteiger partial charge is 0.421 e. The van der Waals surface area contributed by atoms with Gasteiger partial charge < -0.3 is 9.84 Å². The van der Waals surface area contributed by atoms with Crippen LogP contribution in [-0.2, 0) is 9.53 Å². The van der Waals surface area contributed by atoms with E-state index in [0.29, 0.717) is 27.9 Å². The Balaban J connectivity index is 1.91. The highest BCUT2D eigenvalue weighted by Crippen LogP contribution is 2.35. The first-order valence-electron chi connectivity index (χ1n) is 11.4. The number of ether oxygens (including phenoxy) is 1. The van der Waals surface area contributed by atoms with Crippen LogP contribution in [0.2, 0.25) is 0 Å². The third-order valence-electron chi connectivity index (χ3n) is 5.55. The standard InChI is InChI=1S/C28H26N4O4/c1-4-36-28(35)32-24-13-9-8-12-23(24)25(27(32)34)26(20-10-6-5-7-11-20)29-21-14-16-22(17-15-21)31(18-19-33)30(2)3/h5-18,34H,4H2,1-3H3. The van der Waals surface area contributed by atoms with E-state index in [1.54, 1.807) is 35.0 Å². The van der Waals surface area contributed by atoms with Crippen LogP contribution in [0.3, 0.4) is 0 Å². The molecular weight excluding hydrogens is 456 g/mol. The van der Waals surface area contributed by atoms with E-state index in [4.69, 9.17) is 9.73 Å². The Morgan fingerprint density at radius 3 is 2.33 bits per heavy atom. The van der Waals surface area contributed by atoms with Crippen LogP contribution in [0.1, 0.15) is 18.1 Å². The van der Waals surface area contributed by atoms with E-state index >= 15 is 0 Å². The van der Waals surface area contributed by atoms with Crippen molar-refractivity contribution in [2.24, 2.45) is 4.99 Å². The summed E-state index contributed by atoms with van der Waals surface area (Å²) < 4.78 is 6.36. The van der Waals surface area contributed by atoms with E-state index in [1.165, 1.54) is 6.20 Å². The molecule has 0 fully saturated rings. The van der Waals surface area contributed by atoms with Crippen LogP contribution >= 0.6 is 0 Å². The number of rotatable bonds is 7. The molecule has 1 heterocycles. The molecule has 8 nitrogen and oxygen atoms in total. The lowest BCUT2D eigenvalue weighted by Crippen LogP contribution is -2.32. The first-order valence-corrected chi connectivity index (χ1v) is 11.4. The minimum atomic E-state index is -0.666. The summed E-state index contributed by atoms with van der Waals surface area (Å²) in [7, 11) is 3.63. The predicted octanol–water partition coefficient (Wildman–Crippen LogP) is 5.15. The maximum Gasteiger partial charge on any atom is 0.421 e. The highest BCUT2D eigenvalue weighted by molar-refractivity contribution is 6.23. The van der Waals surface area contributed by atoms with Gasteiger partial charge in [-0.25, -0.2) is 24.2 Å². The third kappa shape index (κ3) is 4.77.